The Hall–Kier alpha value is -2.15. The van der Waals surface area contributed by atoms with Crippen molar-refractivity contribution < 1.29 is 14.3 Å². The summed E-state index contributed by atoms with van der Waals surface area (Å²) in [7, 11) is 3.15. The molecule has 1 atom stereocenters. The number of amides is 1. The average Bonchev–Trinajstić information content (AvgIpc) is 2.80. The molecule has 1 saturated heterocycles. The van der Waals surface area contributed by atoms with Crippen LogP contribution >= 0.6 is 0 Å². The minimum Gasteiger partial charge on any atom is -0.481 e. The summed E-state index contributed by atoms with van der Waals surface area (Å²) in [5.74, 6) is 0.821. The number of pyridine rings is 1. The zero-order chi connectivity index (χ0) is 13.7. The number of carbonyl (C=O) groups is 1. The molecule has 1 fully saturated rings. The van der Waals surface area contributed by atoms with Crippen LogP contribution in [0.3, 0.4) is 0 Å². The number of aromatic nitrogens is 1. The number of methoxy groups -OCH3 is 2. The van der Waals surface area contributed by atoms with Crippen LogP contribution in [-0.2, 0) is 9.53 Å². The summed E-state index contributed by atoms with van der Waals surface area (Å²) in [5, 5.41) is 5.68. The first-order valence-electron chi connectivity index (χ1n) is 5.85. The molecule has 7 heteroatoms. The van der Waals surface area contributed by atoms with E-state index in [1.165, 1.54) is 0 Å². The van der Waals surface area contributed by atoms with Gasteiger partial charge in [0.15, 0.2) is 5.96 Å². The number of carbonyl (C=O) groups excluding carboxylic acids is 1. The summed E-state index contributed by atoms with van der Waals surface area (Å²) < 4.78 is 9.87. The second kappa shape index (κ2) is 6.14. The average molecular weight is 264 g/mol. The predicted molar refractivity (Wildman–Crippen MR) is 69.0 cm³/mol. The molecule has 7 nitrogen and oxygen atoms in total. The van der Waals surface area contributed by atoms with Gasteiger partial charge in [-0.3, -0.25) is 15.1 Å². The van der Waals surface area contributed by atoms with Crippen LogP contribution in [0.4, 0.5) is 0 Å². The molecule has 19 heavy (non-hydrogen) atoms. The third-order valence-corrected chi connectivity index (χ3v) is 2.65. The summed E-state index contributed by atoms with van der Waals surface area (Å²) in [6.45, 7) is 1.00. The lowest BCUT2D eigenvalue weighted by molar-refractivity contribution is -0.120. The van der Waals surface area contributed by atoms with Crippen LogP contribution in [0.1, 0.15) is 11.6 Å². The van der Waals surface area contributed by atoms with Crippen molar-refractivity contribution in [2.75, 3.05) is 27.4 Å². The van der Waals surface area contributed by atoms with Crippen LogP contribution in [0.15, 0.2) is 23.3 Å². The Morgan fingerprint density at radius 1 is 1.42 bits per heavy atom. The van der Waals surface area contributed by atoms with Crippen molar-refractivity contribution in [1.29, 1.82) is 0 Å². The topological polar surface area (TPSA) is 84.8 Å². The largest absolute Gasteiger partial charge is 0.481 e. The van der Waals surface area contributed by atoms with E-state index in [1.54, 1.807) is 32.5 Å². The second-order valence-corrected chi connectivity index (χ2v) is 3.92. The van der Waals surface area contributed by atoms with Crippen LogP contribution in [-0.4, -0.2) is 44.2 Å². The van der Waals surface area contributed by atoms with Gasteiger partial charge in [-0.25, -0.2) is 4.98 Å². The van der Waals surface area contributed by atoms with E-state index in [0.717, 1.165) is 5.56 Å². The van der Waals surface area contributed by atoms with Gasteiger partial charge in [-0.1, -0.05) is 0 Å². The van der Waals surface area contributed by atoms with E-state index in [0.29, 0.717) is 25.0 Å². The fourth-order valence-corrected chi connectivity index (χ4v) is 1.68. The maximum absolute atomic E-state index is 11.8. The monoisotopic (exact) mass is 264 g/mol. The molecule has 1 aliphatic heterocycles. The molecule has 1 aromatic heterocycles. The molecule has 0 saturated carbocycles. The standard InChI is InChI=1S/C12H16N4O3/c1-18-6-5-13-12-15-10(11(17)16-12)8-3-4-9(19-2)14-7-8/h3-4,7,10H,5-6H2,1-2H3,(H2,13,15,16,17). The highest BCUT2D eigenvalue weighted by molar-refractivity contribution is 6.06. The van der Waals surface area contributed by atoms with Crippen LogP contribution < -0.4 is 15.4 Å². The highest BCUT2D eigenvalue weighted by Crippen LogP contribution is 2.17. The Morgan fingerprint density at radius 3 is 2.89 bits per heavy atom. The van der Waals surface area contributed by atoms with Gasteiger partial charge in [-0.05, 0) is 6.07 Å². The maximum Gasteiger partial charge on any atom is 0.253 e. The van der Waals surface area contributed by atoms with Crippen molar-refractivity contribution in [3.05, 3.63) is 23.9 Å². The van der Waals surface area contributed by atoms with E-state index < -0.39 is 6.04 Å². The highest BCUT2D eigenvalue weighted by Gasteiger charge is 2.29. The van der Waals surface area contributed by atoms with Gasteiger partial charge in [0.25, 0.3) is 5.91 Å². The van der Waals surface area contributed by atoms with Crippen molar-refractivity contribution in [3.63, 3.8) is 0 Å². The summed E-state index contributed by atoms with van der Waals surface area (Å²) in [6.07, 6.45) is 1.61. The normalized spacial score (nSPS) is 20.2. The molecular formula is C12H16N4O3. The van der Waals surface area contributed by atoms with E-state index in [9.17, 15) is 4.79 Å². The number of rotatable bonds is 5. The van der Waals surface area contributed by atoms with E-state index in [4.69, 9.17) is 9.47 Å². The summed E-state index contributed by atoms with van der Waals surface area (Å²) in [5.41, 5.74) is 0.759. The third-order valence-electron chi connectivity index (χ3n) is 2.65. The van der Waals surface area contributed by atoms with Crippen molar-refractivity contribution in [2.45, 2.75) is 6.04 Å². The first kappa shape index (κ1) is 13.3. The lowest BCUT2D eigenvalue weighted by Crippen LogP contribution is -2.26. The second-order valence-electron chi connectivity index (χ2n) is 3.92. The van der Waals surface area contributed by atoms with Crippen molar-refractivity contribution in [1.82, 2.24) is 15.6 Å². The minimum atomic E-state index is -0.472. The Bertz CT molecular complexity index is 472. The maximum atomic E-state index is 11.8. The molecule has 0 spiro atoms. The highest BCUT2D eigenvalue weighted by atomic mass is 16.5. The van der Waals surface area contributed by atoms with Crippen molar-refractivity contribution in [2.24, 2.45) is 4.99 Å². The number of nitrogens with one attached hydrogen (secondary N) is 2. The van der Waals surface area contributed by atoms with Gasteiger partial charge in [0.05, 0.1) is 20.3 Å². The lowest BCUT2D eigenvalue weighted by atomic mass is 10.1. The van der Waals surface area contributed by atoms with Gasteiger partial charge >= 0.3 is 0 Å². The first-order chi connectivity index (χ1) is 9.24. The molecule has 2 rings (SSSR count). The molecule has 102 valence electrons. The van der Waals surface area contributed by atoms with E-state index in [2.05, 4.69) is 20.6 Å². The van der Waals surface area contributed by atoms with Gasteiger partial charge in [-0.15, -0.1) is 0 Å². The fourth-order valence-electron chi connectivity index (χ4n) is 1.68. The number of aliphatic imine (C=N–C) groups is 1. The molecule has 0 radical (unpaired) electrons. The van der Waals surface area contributed by atoms with E-state index in [1.807, 2.05) is 0 Å². The summed E-state index contributed by atoms with van der Waals surface area (Å²) in [4.78, 5) is 20.1. The molecule has 1 unspecified atom stereocenters. The van der Waals surface area contributed by atoms with Crippen LogP contribution in [0, 0.1) is 0 Å². The zero-order valence-corrected chi connectivity index (χ0v) is 10.8. The quantitative estimate of drug-likeness (QED) is 0.723. The van der Waals surface area contributed by atoms with E-state index >= 15 is 0 Å². The van der Waals surface area contributed by atoms with E-state index in [-0.39, 0.29) is 5.91 Å². The summed E-state index contributed by atoms with van der Waals surface area (Å²) in [6, 6.07) is 3.03. The number of nitrogens with zero attached hydrogens (tertiary/aromatic N) is 2. The van der Waals surface area contributed by atoms with Crippen LogP contribution in [0.2, 0.25) is 0 Å². The van der Waals surface area contributed by atoms with Crippen LogP contribution in [0.25, 0.3) is 0 Å². The van der Waals surface area contributed by atoms with Gasteiger partial charge < -0.3 is 14.8 Å². The Balaban J connectivity index is 2.04. The number of hydrogen-bond donors (Lipinski definition) is 2. The molecule has 1 aromatic rings. The molecule has 1 aliphatic rings. The third kappa shape index (κ3) is 3.19. The lowest BCUT2D eigenvalue weighted by Gasteiger charge is -2.08. The van der Waals surface area contributed by atoms with Gasteiger partial charge in [0.2, 0.25) is 5.88 Å². The Morgan fingerprint density at radius 2 is 2.26 bits per heavy atom. The molecule has 1 amide bonds. The Kier molecular flexibility index (Phi) is 4.30. The molecule has 0 aromatic carbocycles. The number of hydrogen-bond acceptors (Lipinski definition) is 5. The molecule has 2 heterocycles. The first-order valence-corrected chi connectivity index (χ1v) is 5.85. The Labute approximate surface area is 111 Å². The summed E-state index contributed by atoms with van der Waals surface area (Å²) >= 11 is 0. The molecular weight excluding hydrogens is 248 g/mol. The van der Waals surface area contributed by atoms with Crippen molar-refractivity contribution >= 4 is 11.9 Å². The predicted octanol–water partition coefficient (Wildman–Crippen LogP) is -0.147. The minimum absolute atomic E-state index is 0.150. The molecule has 0 aliphatic carbocycles. The van der Waals surface area contributed by atoms with Gasteiger partial charge in [0, 0.05) is 24.9 Å². The van der Waals surface area contributed by atoms with Gasteiger partial charge in [-0.2, -0.15) is 0 Å². The smallest absolute Gasteiger partial charge is 0.253 e. The fraction of sp³-hybridized carbons (Fsp3) is 0.417. The molecule has 2 N–H and O–H groups in total. The van der Waals surface area contributed by atoms with Crippen LogP contribution in [0.5, 0.6) is 5.88 Å². The SMILES string of the molecule is COCCN=C1NC(=O)C(c2ccc(OC)nc2)N1. The van der Waals surface area contributed by atoms with Gasteiger partial charge in [0.1, 0.15) is 6.04 Å². The van der Waals surface area contributed by atoms with Crippen molar-refractivity contribution in [3.8, 4) is 5.88 Å². The zero-order valence-electron chi connectivity index (χ0n) is 10.8. The molecule has 0 bridgehead atoms. The number of guanidine groups is 1. The number of ether oxygens (including phenoxy) is 2.